The zero-order valence-electron chi connectivity index (χ0n) is 16.3. The van der Waals surface area contributed by atoms with Gasteiger partial charge in [-0.1, -0.05) is 48.5 Å². The van der Waals surface area contributed by atoms with E-state index < -0.39 is 0 Å². The molecule has 4 aromatic rings. The zero-order valence-corrected chi connectivity index (χ0v) is 17.1. The molecule has 6 heteroatoms. The molecule has 2 heterocycles. The highest BCUT2D eigenvalue weighted by Gasteiger charge is 2.20. The number of benzene rings is 2. The molecule has 0 aliphatic rings. The van der Waals surface area contributed by atoms with E-state index in [-0.39, 0.29) is 5.97 Å². The lowest BCUT2D eigenvalue weighted by Crippen LogP contribution is -2.07. The van der Waals surface area contributed by atoms with Crippen LogP contribution in [0.2, 0.25) is 0 Å². The van der Waals surface area contributed by atoms with Crippen molar-refractivity contribution in [2.24, 2.45) is 0 Å². The number of fused-ring (bicyclic) bond motifs is 1. The summed E-state index contributed by atoms with van der Waals surface area (Å²) < 4.78 is 5.52. The van der Waals surface area contributed by atoms with E-state index >= 15 is 0 Å². The second kappa shape index (κ2) is 8.41. The van der Waals surface area contributed by atoms with Crippen molar-refractivity contribution >= 4 is 39.0 Å². The Bertz CT molecular complexity index is 1160. The average Bonchev–Trinajstić information content (AvgIpc) is 3.08. The summed E-state index contributed by atoms with van der Waals surface area (Å²) in [6.07, 6.45) is 2.21. The van der Waals surface area contributed by atoms with Gasteiger partial charge in [-0.3, -0.25) is 0 Å². The summed E-state index contributed by atoms with van der Waals surface area (Å²) >= 11 is 1.34. The van der Waals surface area contributed by atoms with E-state index in [9.17, 15) is 4.79 Å². The molecule has 0 aliphatic heterocycles. The van der Waals surface area contributed by atoms with Crippen molar-refractivity contribution in [1.29, 1.82) is 0 Å². The fourth-order valence-corrected chi connectivity index (χ4v) is 4.22. The minimum atomic E-state index is -0.316. The third-order valence-electron chi connectivity index (χ3n) is 4.78. The van der Waals surface area contributed by atoms with Crippen molar-refractivity contribution in [1.82, 2.24) is 9.97 Å². The Labute approximate surface area is 173 Å². The van der Waals surface area contributed by atoms with Gasteiger partial charge in [0.1, 0.15) is 21.9 Å². The van der Waals surface area contributed by atoms with Crippen LogP contribution in [-0.2, 0) is 11.2 Å². The first-order chi connectivity index (χ1) is 14.1. The van der Waals surface area contributed by atoms with Gasteiger partial charge in [0.2, 0.25) is 0 Å². The summed E-state index contributed by atoms with van der Waals surface area (Å²) in [5.41, 5.74) is 4.08. The molecule has 4 rings (SSSR count). The van der Waals surface area contributed by atoms with Crippen molar-refractivity contribution < 1.29 is 9.53 Å². The number of hydrogen-bond acceptors (Lipinski definition) is 6. The number of ether oxygens (including phenoxy) is 1. The fraction of sp³-hybridized carbons (Fsp3) is 0.174. The summed E-state index contributed by atoms with van der Waals surface area (Å²) in [4.78, 5) is 22.8. The van der Waals surface area contributed by atoms with Crippen LogP contribution in [0.4, 0.5) is 11.5 Å². The van der Waals surface area contributed by atoms with Crippen molar-refractivity contribution in [2.45, 2.75) is 20.3 Å². The Morgan fingerprint density at radius 2 is 1.79 bits per heavy atom. The zero-order chi connectivity index (χ0) is 20.2. The third kappa shape index (κ3) is 4.12. The van der Waals surface area contributed by atoms with E-state index in [0.29, 0.717) is 23.7 Å². The summed E-state index contributed by atoms with van der Waals surface area (Å²) in [6, 6.07) is 18.0. The van der Waals surface area contributed by atoms with Crippen LogP contribution in [0.1, 0.15) is 26.4 Å². The molecule has 0 saturated carbocycles. The van der Waals surface area contributed by atoms with Gasteiger partial charge in [0, 0.05) is 12.1 Å². The minimum absolute atomic E-state index is 0.316. The normalized spacial score (nSPS) is 10.8. The number of hydrogen-bond donors (Lipinski definition) is 1. The molecule has 0 amide bonds. The Hall–Kier alpha value is -3.25. The monoisotopic (exact) mass is 403 g/mol. The molecule has 0 aliphatic carbocycles. The van der Waals surface area contributed by atoms with Crippen LogP contribution >= 0.6 is 11.3 Å². The van der Waals surface area contributed by atoms with Crippen LogP contribution < -0.4 is 5.32 Å². The molecule has 0 saturated heterocycles. The fourth-order valence-electron chi connectivity index (χ4n) is 3.17. The highest BCUT2D eigenvalue weighted by atomic mass is 32.1. The highest BCUT2D eigenvalue weighted by molar-refractivity contribution is 7.20. The molecule has 0 spiro atoms. The number of rotatable bonds is 6. The van der Waals surface area contributed by atoms with E-state index in [1.807, 2.05) is 68.4 Å². The van der Waals surface area contributed by atoms with Crippen LogP contribution in [0, 0.1) is 13.8 Å². The first-order valence-corrected chi connectivity index (χ1v) is 10.2. The van der Waals surface area contributed by atoms with Crippen LogP contribution in [0.15, 0.2) is 60.9 Å². The quantitative estimate of drug-likeness (QED) is 0.434. The average molecular weight is 404 g/mol. The number of carbonyl (C=O) groups is 1. The Balaban J connectivity index is 1.56. The van der Waals surface area contributed by atoms with Gasteiger partial charge in [-0.05, 0) is 36.6 Å². The first kappa shape index (κ1) is 19.1. The second-order valence-corrected chi connectivity index (χ2v) is 7.77. The topological polar surface area (TPSA) is 64.1 Å². The number of aromatic nitrogens is 2. The maximum atomic E-state index is 12.7. The molecular weight excluding hydrogens is 382 g/mol. The van der Waals surface area contributed by atoms with Crippen LogP contribution in [0.3, 0.4) is 0 Å². The van der Waals surface area contributed by atoms with Crippen molar-refractivity contribution in [2.75, 3.05) is 11.9 Å². The molecule has 2 aromatic heterocycles. The predicted molar refractivity (Wildman–Crippen MR) is 117 cm³/mol. The van der Waals surface area contributed by atoms with Crippen LogP contribution in [-0.4, -0.2) is 22.5 Å². The van der Waals surface area contributed by atoms with Gasteiger partial charge in [0.15, 0.2) is 0 Å². The van der Waals surface area contributed by atoms with Crippen molar-refractivity contribution in [3.05, 3.63) is 82.5 Å². The van der Waals surface area contributed by atoms with Gasteiger partial charge in [-0.15, -0.1) is 11.3 Å². The lowest BCUT2D eigenvalue weighted by Gasteiger charge is -2.09. The van der Waals surface area contributed by atoms with Gasteiger partial charge in [-0.2, -0.15) is 0 Å². The van der Waals surface area contributed by atoms with Crippen molar-refractivity contribution in [3.63, 3.8) is 0 Å². The first-order valence-electron chi connectivity index (χ1n) is 9.41. The number of para-hydroxylation sites is 1. The maximum Gasteiger partial charge on any atom is 0.348 e. The SMILES string of the molecule is Cc1ccccc1Nc1ncnc2sc(C(=O)OCCc3ccccc3)c(C)c12. The molecule has 0 unspecified atom stereocenters. The van der Waals surface area contributed by atoms with E-state index in [0.717, 1.165) is 32.6 Å². The molecule has 0 radical (unpaired) electrons. The Kier molecular flexibility index (Phi) is 5.53. The molecule has 1 N–H and O–H groups in total. The molecule has 0 fully saturated rings. The molecule has 29 heavy (non-hydrogen) atoms. The number of aryl methyl sites for hydroxylation is 2. The largest absolute Gasteiger partial charge is 0.461 e. The highest BCUT2D eigenvalue weighted by Crippen LogP contribution is 2.35. The van der Waals surface area contributed by atoms with Gasteiger partial charge in [0.05, 0.1) is 12.0 Å². The summed E-state index contributed by atoms with van der Waals surface area (Å²) in [7, 11) is 0. The summed E-state index contributed by atoms with van der Waals surface area (Å²) in [5.74, 6) is 0.379. The van der Waals surface area contributed by atoms with Gasteiger partial charge >= 0.3 is 5.97 Å². The minimum Gasteiger partial charge on any atom is -0.461 e. The van der Waals surface area contributed by atoms with Gasteiger partial charge in [-0.25, -0.2) is 14.8 Å². The summed E-state index contributed by atoms with van der Waals surface area (Å²) in [5, 5.41) is 4.23. The van der Waals surface area contributed by atoms with Gasteiger partial charge in [0.25, 0.3) is 0 Å². The Morgan fingerprint density at radius 3 is 2.59 bits per heavy atom. The maximum absolute atomic E-state index is 12.7. The number of nitrogens with one attached hydrogen (secondary N) is 1. The smallest absolute Gasteiger partial charge is 0.348 e. The van der Waals surface area contributed by atoms with E-state index in [1.165, 1.54) is 17.7 Å². The Morgan fingerprint density at radius 1 is 1.03 bits per heavy atom. The molecule has 0 bridgehead atoms. The lowest BCUT2D eigenvalue weighted by atomic mass is 10.1. The standard InChI is InChI=1S/C23H21N3O2S/c1-15-8-6-7-11-18(15)26-21-19-16(2)20(29-22(19)25-14-24-21)23(27)28-13-12-17-9-4-3-5-10-17/h3-11,14H,12-13H2,1-2H3,(H,24,25,26). The van der Waals surface area contributed by atoms with Crippen molar-refractivity contribution in [3.8, 4) is 0 Å². The van der Waals surface area contributed by atoms with Crippen LogP contribution in [0.25, 0.3) is 10.2 Å². The molecular formula is C23H21N3O2S. The number of esters is 1. The molecule has 0 atom stereocenters. The number of anilines is 2. The number of thiophene rings is 1. The summed E-state index contributed by atoms with van der Waals surface area (Å²) in [6.45, 7) is 4.30. The molecule has 5 nitrogen and oxygen atoms in total. The van der Waals surface area contributed by atoms with Gasteiger partial charge < -0.3 is 10.1 Å². The molecule has 146 valence electrons. The lowest BCUT2D eigenvalue weighted by molar-refractivity contribution is 0.0514. The van der Waals surface area contributed by atoms with E-state index in [2.05, 4.69) is 15.3 Å². The van der Waals surface area contributed by atoms with E-state index in [1.54, 1.807) is 0 Å². The third-order valence-corrected chi connectivity index (χ3v) is 5.96. The molecule has 2 aromatic carbocycles. The predicted octanol–water partition coefficient (Wildman–Crippen LogP) is 5.45. The van der Waals surface area contributed by atoms with E-state index in [4.69, 9.17) is 4.74 Å². The number of nitrogens with zero attached hydrogens (tertiary/aromatic N) is 2. The number of carbonyl (C=O) groups excluding carboxylic acids is 1. The second-order valence-electron chi connectivity index (χ2n) is 6.77. The van der Waals surface area contributed by atoms with Crippen LogP contribution in [0.5, 0.6) is 0 Å².